The molecule has 0 aliphatic rings. The Bertz CT molecular complexity index is 583. The van der Waals surface area contributed by atoms with Crippen LogP contribution in [0.3, 0.4) is 0 Å². The van der Waals surface area contributed by atoms with Gasteiger partial charge in [0.15, 0.2) is 5.85 Å². The van der Waals surface area contributed by atoms with Gasteiger partial charge in [-0.3, -0.25) is 4.57 Å². The highest BCUT2D eigenvalue weighted by Crippen LogP contribution is 2.59. The minimum atomic E-state index is -3.54. The summed E-state index contributed by atoms with van der Waals surface area (Å²) in [5.74, 6) is -1.29. The van der Waals surface area contributed by atoms with Gasteiger partial charge >= 0.3 is 7.60 Å². The van der Waals surface area contributed by atoms with Gasteiger partial charge in [-0.2, -0.15) is 0 Å². The van der Waals surface area contributed by atoms with Gasteiger partial charge in [-0.25, -0.2) is 0 Å². The van der Waals surface area contributed by atoms with Crippen molar-refractivity contribution in [2.45, 2.75) is 5.85 Å². The van der Waals surface area contributed by atoms with E-state index in [1.807, 2.05) is 30.3 Å². The lowest BCUT2D eigenvalue weighted by Gasteiger charge is -2.21. The number of rotatable bonds is 4. The third-order valence-corrected chi connectivity index (χ3v) is 4.81. The fraction of sp³-hybridized carbons (Fsp3) is 0.231. The molecule has 1 N–H and O–H groups in total. The molecule has 5 heteroatoms. The molecule has 96 valence electrons. The second kappa shape index (κ2) is 5.21. The molecule has 0 heterocycles. The molecule has 4 nitrogen and oxygen atoms in total. The van der Waals surface area contributed by atoms with Crippen molar-refractivity contribution >= 4 is 18.4 Å². The average molecular weight is 266 g/mol. The summed E-state index contributed by atoms with van der Waals surface area (Å²) in [4.78, 5) is 0. The highest BCUT2D eigenvalue weighted by molar-refractivity contribution is 7.54. The Hall–Kier alpha value is -1.19. The molecule has 0 aliphatic heterocycles. The molecule has 0 saturated carbocycles. The predicted molar refractivity (Wildman–Crippen MR) is 70.5 cm³/mol. The second-order valence-electron chi connectivity index (χ2n) is 3.85. The Morgan fingerprint density at radius 1 is 1.06 bits per heavy atom. The van der Waals surface area contributed by atoms with E-state index in [2.05, 4.69) is 0 Å². The van der Waals surface area contributed by atoms with Crippen molar-refractivity contribution in [1.82, 2.24) is 0 Å². The topological polar surface area (TPSA) is 55.8 Å². The number of hydrogen-bond donors (Lipinski definition) is 1. The van der Waals surface area contributed by atoms with E-state index in [1.54, 1.807) is 12.1 Å². The molecule has 0 radical (unpaired) electrons. The van der Waals surface area contributed by atoms with Crippen LogP contribution in [0.4, 0.5) is 0 Å². The molecule has 0 saturated heterocycles. The maximum atomic E-state index is 12.2. The average Bonchev–Trinajstić information content (AvgIpc) is 2.45. The standard InChI is InChI=1S/C13H15O4P/c1-16-18(15,17-2)13(14)12-9-5-7-10-6-3-4-8-11(10)12/h3-9,13-14H,1-2H3. The SMILES string of the molecule is COP(=O)(OC)C(O)c1cccc2ccccc12. The Labute approximate surface area is 106 Å². The molecule has 2 aromatic rings. The van der Waals surface area contributed by atoms with Gasteiger partial charge in [-0.1, -0.05) is 42.5 Å². The van der Waals surface area contributed by atoms with Gasteiger partial charge in [-0.15, -0.1) is 0 Å². The highest BCUT2D eigenvalue weighted by atomic mass is 31.2. The van der Waals surface area contributed by atoms with Gasteiger partial charge in [0.05, 0.1) is 0 Å². The summed E-state index contributed by atoms with van der Waals surface area (Å²) in [5.41, 5.74) is 0.542. The van der Waals surface area contributed by atoms with Crippen molar-refractivity contribution < 1.29 is 18.7 Å². The number of aliphatic hydroxyl groups is 1. The molecule has 18 heavy (non-hydrogen) atoms. The second-order valence-corrected chi connectivity index (χ2v) is 6.15. The Morgan fingerprint density at radius 2 is 1.67 bits per heavy atom. The van der Waals surface area contributed by atoms with E-state index >= 15 is 0 Å². The van der Waals surface area contributed by atoms with Gasteiger partial charge in [0.2, 0.25) is 0 Å². The summed E-state index contributed by atoms with van der Waals surface area (Å²) in [7, 11) is -1.02. The number of fused-ring (bicyclic) bond motifs is 1. The number of aliphatic hydroxyl groups excluding tert-OH is 1. The van der Waals surface area contributed by atoms with E-state index in [9.17, 15) is 9.67 Å². The fourth-order valence-corrected chi connectivity index (χ4v) is 3.03. The van der Waals surface area contributed by atoms with Crippen molar-refractivity contribution in [2.75, 3.05) is 14.2 Å². The summed E-state index contributed by atoms with van der Waals surface area (Å²) in [6, 6.07) is 13.0. The lowest BCUT2D eigenvalue weighted by molar-refractivity contribution is 0.177. The molecule has 2 aromatic carbocycles. The minimum Gasteiger partial charge on any atom is -0.376 e. The van der Waals surface area contributed by atoms with Crippen molar-refractivity contribution in [3.63, 3.8) is 0 Å². The van der Waals surface area contributed by atoms with Gasteiger partial charge in [0.1, 0.15) is 0 Å². The summed E-state index contributed by atoms with van der Waals surface area (Å²) in [6.07, 6.45) is 0. The number of hydrogen-bond acceptors (Lipinski definition) is 4. The van der Waals surface area contributed by atoms with Crippen LogP contribution in [0.2, 0.25) is 0 Å². The molecular weight excluding hydrogens is 251 g/mol. The van der Waals surface area contributed by atoms with E-state index < -0.39 is 13.4 Å². The van der Waals surface area contributed by atoms with Crippen molar-refractivity contribution in [1.29, 1.82) is 0 Å². The Balaban J connectivity index is 2.58. The van der Waals surface area contributed by atoms with Gasteiger partial charge in [0.25, 0.3) is 0 Å². The maximum Gasteiger partial charge on any atom is 0.362 e. The predicted octanol–water partition coefficient (Wildman–Crippen LogP) is 3.32. The van der Waals surface area contributed by atoms with Crippen LogP contribution in [0.5, 0.6) is 0 Å². The maximum absolute atomic E-state index is 12.2. The summed E-state index contributed by atoms with van der Waals surface area (Å²) in [6.45, 7) is 0. The third kappa shape index (κ3) is 2.20. The summed E-state index contributed by atoms with van der Waals surface area (Å²) < 4.78 is 21.9. The van der Waals surface area contributed by atoms with Crippen LogP contribution in [-0.2, 0) is 13.6 Å². The van der Waals surface area contributed by atoms with Crippen LogP contribution >= 0.6 is 7.60 Å². The normalized spacial score (nSPS) is 13.7. The molecule has 2 rings (SSSR count). The van der Waals surface area contributed by atoms with Gasteiger partial charge < -0.3 is 14.2 Å². The quantitative estimate of drug-likeness (QED) is 0.862. The van der Waals surface area contributed by atoms with Crippen LogP contribution < -0.4 is 0 Å². The first-order valence-electron chi connectivity index (χ1n) is 5.49. The first-order chi connectivity index (χ1) is 8.62. The van der Waals surface area contributed by atoms with Crippen molar-refractivity contribution in [3.05, 3.63) is 48.0 Å². The Morgan fingerprint density at radius 3 is 2.33 bits per heavy atom. The zero-order valence-corrected chi connectivity index (χ0v) is 11.1. The van der Waals surface area contributed by atoms with Crippen LogP contribution in [0.1, 0.15) is 11.4 Å². The number of benzene rings is 2. The lowest BCUT2D eigenvalue weighted by Crippen LogP contribution is -2.03. The van der Waals surface area contributed by atoms with Gasteiger partial charge in [0, 0.05) is 19.8 Å². The zero-order chi connectivity index (χ0) is 13.2. The minimum absolute atomic E-state index is 0.542. The van der Waals surface area contributed by atoms with Crippen LogP contribution in [0, 0.1) is 0 Å². The molecule has 0 fully saturated rings. The van der Waals surface area contributed by atoms with Gasteiger partial charge in [-0.05, 0) is 10.8 Å². The first-order valence-corrected chi connectivity index (χ1v) is 7.10. The van der Waals surface area contributed by atoms with E-state index in [1.165, 1.54) is 14.2 Å². The van der Waals surface area contributed by atoms with Crippen LogP contribution in [-0.4, -0.2) is 19.3 Å². The molecule has 0 aliphatic carbocycles. The lowest BCUT2D eigenvalue weighted by atomic mass is 10.1. The largest absolute Gasteiger partial charge is 0.376 e. The van der Waals surface area contributed by atoms with Crippen molar-refractivity contribution in [2.24, 2.45) is 0 Å². The Kier molecular flexibility index (Phi) is 3.83. The smallest absolute Gasteiger partial charge is 0.362 e. The van der Waals surface area contributed by atoms with Crippen LogP contribution in [0.25, 0.3) is 10.8 Å². The highest BCUT2D eigenvalue weighted by Gasteiger charge is 2.34. The van der Waals surface area contributed by atoms with Crippen LogP contribution in [0.15, 0.2) is 42.5 Å². The molecule has 0 spiro atoms. The third-order valence-electron chi connectivity index (χ3n) is 2.91. The molecule has 0 aromatic heterocycles. The first kappa shape index (κ1) is 13.2. The molecule has 1 atom stereocenters. The zero-order valence-electron chi connectivity index (χ0n) is 10.2. The molecule has 1 unspecified atom stereocenters. The van der Waals surface area contributed by atoms with E-state index in [4.69, 9.17) is 9.05 Å². The van der Waals surface area contributed by atoms with E-state index in [0.717, 1.165) is 10.8 Å². The van der Waals surface area contributed by atoms with Crippen molar-refractivity contribution in [3.8, 4) is 0 Å². The van der Waals surface area contributed by atoms with E-state index in [0.29, 0.717) is 5.56 Å². The fourth-order valence-electron chi connectivity index (χ4n) is 1.92. The summed E-state index contributed by atoms with van der Waals surface area (Å²) >= 11 is 0. The van der Waals surface area contributed by atoms with E-state index in [-0.39, 0.29) is 0 Å². The molecule has 0 bridgehead atoms. The monoisotopic (exact) mass is 266 g/mol. The molecular formula is C13H15O4P. The molecule has 0 amide bonds. The summed E-state index contributed by atoms with van der Waals surface area (Å²) in [5, 5.41) is 12.0.